The average molecular weight is 266 g/mol. The Hall–Kier alpha value is -1.10. The first kappa shape index (κ1) is 14.3. The van der Waals surface area contributed by atoms with Crippen LogP contribution in [0.3, 0.4) is 0 Å². The molecule has 2 atom stereocenters. The maximum Gasteiger partial charge on any atom is 0.266 e. The van der Waals surface area contributed by atoms with Crippen molar-refractivity contribution in [2.24, 2.45) is 0 Å². The number of anilines is 1. The van der Waals surface area contributed by atoms with Crippen LogP contribution >= 0.6 is 0 Å². The van der Waals surface area contributed by atoms with Crippen LogP contribution in [0.15, 0.2) is 4.52 Å². The number of rotatable bonds is 6. The van der Waals surface area contributed by atoms with Gasteiger partial charge in [-0.05, 0) is 37.4 Å². The zero-order valence-electron chi connectivity index (χ0n) is 12.4. The van der Waals surface area contributed by atoms with Crippen molar-refractivity contribution in [1.29, 1.82) is 0 Å². The number of hydrogen-bond donors (Lipinski definition) is 1. The molecule has 1 N–H and O–H groups in total. The van der Waals surface area contributed by atoms with E-state index in [9.17, 15) is 0 Å². The summed E-state index contributed by atoms with van der Waals surface area (Å²) >= 11 is 0. The van der Waals surface area contributed by atoms with Crippen molar-refractivity contribution in [3.8, 4) is 0 Å². The highest BCUT2D eigenvalue weighted by molar-refractivity contribution is 5.28. The summed E-state index contributed by atoms with van der Waals surface area (Å²) in [5.41, 5.74) is 0. The van der Waals surface area contributed by atoms with Gasteiger partial charge in [-0.25, -0.2) is 0 Å². The van der Waals surface area contributed by atoms with Crippen molar-refractivity contribution in [2.75, 3.05) is 24.5 Å². The molecule has 108 valence electrons. The highest BCUT2D eigenvalue weighted by Gasteiger charge is 2.24. The van der Waals surface area contributed by atoms with Crippen LogP contribution in [-0.4, -0.2) is 35.8 Å². The van der Waals surface area contributed by atoms with Gasteiger partial charge < -0.3 is 14.7 Å². The molecule has 0 bridgehead atoms. The monoisotopic (exact) mass is 266 g/mol. The van der Waals surface area contributed by atoms with E-state index >= 15 is 0 Å². The van der Waals surface area contributed by atoms with Gasteiger partial charge in [0, 0.05) is 19.1 Å². The van der Waals surface area contributed by atoms with E-state index < -0.39 is 0 Å². The van der Waals surface area contributed by atoms with Gasteiger partial charge in [-0.1, -0.05) is 20.8 Å². The average Bonchev–Trinajstić information content (AvgIpc) is 2.95. The highest BCUT2D eigenvalue weighted by Crippen LogP contribution is 2.23. The van der Waals surface area contributed by atoms with Gasteiger partial charge in [0.25, 0.3) is 5.95 Å². The number of hydrogen-bond acceptors (Lipinski definition) is 5. The summed E-state index contributed by atoms with van der Waals surface area (Å²) in [5.74, 6) is 1.79. The molecular formula is C14H26N4O. The van der Waals surface area contributed by atoms with Gasteiger partial charge >= 0.3 is 0 Å². The Morgan fingerprint density at radius 3 is 2.63 bits per heavy atom. The van der Waals surface area contributed by atoms with E-state index in [1.165, 1.54) is 19.3 Å². The Kier molecular flexibility index (Phi) is 5.19. The molecule has 0 amide bonds. The second kappa shape index (κ2) is 6.89. The molecule has 1 aromatic rings. The largest absolute Gasteiger partial charge is 0.338 e. The van der Waals surface area contributed by atoms with Gasteiger partial charge in [0.2, 0.25) is 5.89 Å². The Morgan fingerprint density at radius 1 is 1.26 bits per heavy atom. The molecular weight excluding hydrogens is 240 g/mol. The zero-order chi connectivity index (χ0) is 13.7. The van der Waals surface area contributed by atoms with E-state index in [2.05, 4.69) is 41.1 Å². The molecule has 1 saturated heterocycles. The summed E-state index contributed by atoms with van der Waals surface area (Å²) in [4.78, 5) is 6.83. The third-order valence-corrected chi connectivity index (χ3v) is 3.97. The molecule has 1 aliphatic rings. The third kappa shape index (κ3) is 3.47. The van der Waals surface area contributed by atoms with Crippen LogP contribution < -0.4 is 10.2 Å². The Labute approximate surface area is 115 Å². The maximum atomic E-state index is 5.47. The highest BCUT2D eigenvalue weighted by atomic mass is 16.5. The minimum atomic E-state index is 0.260. The van der Waals surface area contributed by atoms with Crippen LogP contribution in [0.5, 0.6) is 0 Å². The van der Waals surface area contributed by atoms with Crippen molar-refractivity contribution in [2.45, 2.75) is 58.4 Å². The molecule has 2 rings (SSSR count). The Bertz CT molecular complexity index is 373. The lowest BCUT2D eigenvalue weighted by Crippen LogP contribution is -2.33. The van der Waals surface area contributed by atoms with Crippen LogP contribution in [-0.2, 0) is 0 Å². The molecule has 1 fully saturated rings. The molecule has 19 heavy (non-hydrogen) atoms. The first-order valence-electron chi connectivity index (χ1n) is 7.58. The van der Waals surface area contributed by atoms with E-state index in [-0.39, 0.29) is 5.92 Å². The van der Waals surface area contributed by atoms with Crippen molar-refractivity contribution in [1.82, 2.24) is 15.5 Å². The predicted molar refractivity (Wildman–Crippen MR) is 76.5 cm³/mol. The zero-order valence-corrected chi connectivity index (χ0v) is 12.4. The van der Waals surface area contributed by atoms with Gasteiger partial charge in [-0.15, -0.1) is 0 Å². The number of piperidine rings is 1. The summed E-state index contributed by atoms with van der Waals surface area (Å²) < 4.78 is 5.47. The number of nitrogens with zero attached hydrogens (tertiary/aromatic N) is 3. The predicted octanol–water partition coefficient (Wildman–Crippen LogP) is 2.55. The fourth-order valence-electron chi connectivity index (χ4n) is 2.74. The topological polar surface area (TPSA) is 54.2 Å². The lowest BCUT2D eigenvalue weighted by atomic mass is 9.99. The van der Waals surface area contributed by atoms with Gasteiger partial charge in [0.05, 0.1) is 5.92 Å². The van der Waals surface area contributed by atoms with E-state index in [0.717, 1.165) is 37.9 Å². The van der Waals surface area contributed by atoms with Crippen LogP contribution in [0.1, 0.15) is 58.3 Å². The first-order chi connectivity index (χ1) is 9.26. The van der Waals surface area contributed by atoms with Crippen molar-refractivity contribution >= 4 is 5.95 Å². The molecule has 1 aromatic heterocycles. The van der Waals surface area contributed by atoms with Crippen LogP contribution in [0.2, 0.25) is 0 Å². The minimum Gasteiger partial charge on any atom is -0.338 e. The molecule has 0 aliphatic carbocycles. The fourth-order valence-corrected chi connectivity index (χ4v) is 2.74. The summed E-state index contributed by atoms with van der Waals surface area (Å²) in [6, 6.07) is 0.402. The first-order valence-corrected chi connectivity index (χ1v) is 7.58. The summed E-state index contributed by atoms with van der Waals surface area (Å²) in [5, 5.41) is 7.63. The molecule has 2 unspecified atom stereocenters. The van der Waals surface area contributed by atoms with Crippen molar-refractivity contribution in [3.63, 3.8) is 0 Å². The number of nitrogens with one attached hydrogen (secondary N) is 1. The lowest BCUT2D eigenvalue weighted by molar-refractivity contribution is 0.321. The third-order valence-electron chi connectivity index (χ3n) is 3.97. The van der Waals surface area contributed by atoms with E-state index in [1.807, 2.05) is 0 Å². The summed E-state index contributed by atoms with van der Waals surface area (Å²) in [6.07, 6.45) is 4.84. The van der Waals surface area contributed by atoms with Gasteiger partial charge in [0.1, 0.15) is 0 Å². The molecule has 1 aliphatic heterocycles. The molecule has 2 heterocycles. The van der Waals surface area contributed by atoms with Crippen LogP contribution in [0.25, 0.3) is 0 Å². The van der Waals surface area contributed by atoms with Gasteiger partial charge in [-0.2, -0.15) is 4.98 Å². The second-order valence-electron chi connectivity index (χ2n) is 5.34. The number of likely N-dealkylation sites (N-methyl/N-ethyl adjacent to an activating group) is 1. The number of aromatic nitrogens is 2. The normalized spacial score (nSPS) is 19.4. The Morgan fingerprint density at radius 2 is 2.00 bits per heavy atom. The maximum absolute atomic E-state index is 5.47. The lowest BCUT2D eigenvalue weighted by Gasteiger charge is -2.24. The van der Waals surface area contributed by atoms with E-state index in [0.29, 0.717) is 6.04 Å². The Balaban J connectivity index is 2.02. The quantitative estimate of drug-likeness (QED) is 0.857. The smallest absolute Gasteiger partial charge is 0.266 e. The molecule has 0 radical (unpaired) electrons. The molecule has 0 spiro atoms. The standard InChI is InChI=1S/C14H26N4O/c1-4-12(15-5-2)11(3)13-16-14(17-19-13)18-9-7-6-8-10-18/h11-12,15H,4-10H2,1-3H3. The SMILES string of the molecule is CCNC(CC)C(C)c1nc(N2CCCCC2)no1. The molecule has 5 nitrogen and oxygen atoms in total. The van der Waals surface area contributed by atoms with E-state index in [4.69, 9.17) is 4.52 Å². The minimum absolute atomic E-state index is 0.260. The summed E-state index contributed by atoms with van der Waals surface area (Å²) in [7, 11) is 0. The van der Waals surface area contributed by atoms with E-state index in [1.54, 1.807) is 0 Å². The van der Waals surface area contributed by atoms with Crippen molar-refractivity contribution < 1.29 is 4.52 Å². The molecule has 0 aromatic carbocycles. The second-order valence-corrected chi connectivity index (χ2v) is 5.34. The van der Waals surface area contributed by atoms with Crippen LogP contribution in [0, 0.1) is 0 Å². The molecule has 0 saturated carbocycles. The fraction of sp³-hybridized carbons (Fsp3) is 0.857. The van der Waals surface area contributed by atoms with Gasteiger partial charge in [0.15, 0.2) is 0 Å². The molecule has 5 heteroatoms. The van der Waals surface area contributed by atoms with Crippen molar-refractivity contribution in [3.05, 3.63) is 5.89 Å². The summed E-state index contributed by atoms with van der Waals surface area (Å²) in [6.45, 7) is 9.55. The van der Waals surface area contributed by atoms with Gasteiger partial charge in [-0.3, -0.25) is 0 Å². The van der Waals surface area contributed by atoms with Crippen LogP contribution in [0.4, 0.5) is 5.95 Å².